The number of aryl methyl sites for hydroxylation is 1. The Bertz CT molecular complexity index is 1240. The van der Waals surface area contributed by atoms with Gasteiger partial charge in [0.1, 0.15) is 5.82 Å². The van der Waals surface area contributed by atoms with Crippen molar-refractivity contribution >= 4 is 16.8 Å². The first-order valence-corrected chi connectivity index (χ1v) is 10.2. The Balaban J connectivity index is 1.49. The Morgan fingerprint density at radius 1 is 1.07 bits per heavy atom. The van der Waals surface area contributed by atoms with Crippen LogP contribution in [0.15, 0.2) is 66.9 Å². The summed E-state index contributed by atoms with van der Waals surface area (Å²) in [6.45, 7) is 2.05. The number of aromatic nitrogens is 2. The zero-order valence-electron chi connectivity index (χ0n) is 16.7. The lowest BCUT2D eigenvalue weighted by Gasteiger charge is -2.26. The SMILES string of the molecule is Cc1ccc(C(=O)NC2CCC2)cc1-c1ccc2c(cnn2-c2ccc(F)cc2)c1. The smallest absolute Gasteiger partial charge is 0.251 e. The van der Waals surface area contributed by atoms with Crippen molar-refractivity contribution in [1.29, 1.82) is 0 Å². The Hall–Kier alpha value is -3.47. The van der Waals surface area contributed by atoms with Gasteiger partial charge in [-0.1, -0.05) is 12.1 Å². The van der Waals surface area contributed by atoms with Crippen LogP contribution in [0.5, 0.6) is 0 Å². The highest BCUT2D eigenvalue weighted by molar-refractivity contribution is 5.96. The number of carbonyl (C=O) groups is 1. The molecule has 1 saturated carbocycles. The van der Waals surface area contributed by atoms with Crippen LogP contribution in [0.2, 0.25) is 0 Å². The molecule has 1 aliphatic rings. The zero-order chi connectivity index (χ0) is 20.7. The van der Waals surface area contributed by atoms with Crippen LogP contribution in [0.25, 0.3) is 27.7 Å². The van der Waals surface area contributed by atoms with E-state index in [9.17, 15) is 9.18 Å². The van der Waals surface area contributed by atoms with Gasteiger partial charge in [-0.05, 0) is 91.4 Å². The predicted octanol–water partition coefficient (Wildman–Crippen LogP) is 5.42. The summed E-state index contributed by atoms with van der Waals surface area (Å²) in [7, 11) is 0. The molecule has 1 N–H and O–H groups in total. The average Bonchev–Trinajstić information content (AvgIpc) is 3.14. The van der Waals surface area contributed by atoms with Gasteiger partial charge in [0.15, 0.2) is 0 Å². The van der Waals surface area contributed by atoms with Crippen molar-refractivity contribution in [2.75, 3.05) is 0 Å². The Labute approximate surface area is 174 Å². The Morgan fingerprint density at radius 3 is 2.60 bits per heavy atom. The molecular weight excluding hydrogens is 377 g/mol. The quantitative estimate of drug-likeness (QED) is 0.498. The molecule has 0 saturated heterocycles. The van der Waals surface area contributed by atoms with E-state index in [2.05, 4.69) is 23.4 Å². The first-order valence-electron chi connectivity index (χ1n) is 10.2. The molecule has 4 nitrogen and oxygen atoms in total. The van der Waals surface area contributed by atoms with Crippen molar-refractivity contribution in [3.63, 3.8) is 0 Å². The van der Waals surface area contributed by atoms with E-state index in [1.165, 1.54) is 18.6 Å². The summed E-state index contributed by atoms with van der Waals surface area (Å²) < 4.78 is 15.0. The monoisotopic (exact) mass is 399 g/mol. The number of hydrogen-bond acceptors (Lipinski definition) is 2. The van der Waals surface area contributed by atoms with Gasteiger partial charge in [-0.3, -0.25) is 4.79 Å². The fourth-order valence-corrected chi connectivity index (χ4v) is 3.88. The van der Waals surface area contributed by atoms with E-state index in [1.54, 1.807) is 16.8 Å². The topological polar surface area (TPSA) is 46.9 Å². The molecule has 0 radical (unpaired) electrons. The molecule has 1 fully saturated rings. The van der Waals surface area contributed by atoms with Crippen molar-refractivity contribution < 1.29 is 9.18 Å². The van der Waals surface area contributed by atoms with E-state index >= 15 is 0 Å². The summed E-state index contributed by atoms with van der Waals surface area (Å²) in [6, 6.07) is 18.6. The highest BCUT2D eigenvalue weighted by atomic mass is 19.1. The normalized spacial score (nSPS) is 13.9. The fourth-order valence-electron chi connectivity index (χ4n) is 3.88. The maximum absolute atomic E-state index is 13.2. The summed E-state index contributed by atoms with van der Waals surface area (Å²) in [5.41, 5.74) is 5.63. The lowest BCUT2D eigenvalue weighted by atomic mass is 9.92. The number of hydrogen-bond donors (Lipinski definition) is 1. The van der Waals surface area contributed by atoms with Crippen LogP contribution >= 0.6 is 0 Å². The summed E-state index contributed by atoms with van der Waals surface area (Å²) in [4.78, 5) is 12.6. The molecule has 0 unspecified atom stereocenters. The van der Waals surface area contributed by atoms with E-state index in [0.717, 1.165) is 46.1 Å². The number of nitrogens with zero attached hydrogens (tertiary/aromatic N) is 2. The molecule has 5 rings (SSSR count). The molecule has 1 heterocycles. The number of fused-ring (bicyclic) bond motifs is 1. The Kier molecular flexibility index (Phi) is 4.58. The number of nitrogens with one attached hydrogen (secondary N) is 1. The molecule has 0 aliphatic heterocycles. The summed E-state index contributed by atoms with van der Waals surface area (Å²) in [5, 5.41) is 8.57. The van der Waals surface area contributed by atoms with Crippen molar-refractivity contribution in [2.45, 2.75) is 32.2 Å². The molecule has 5 heteroatoms. The number of rotatable bonds is 4. The third kappa shape index (κ3) is 3.36. The molecule has 30 heavy (non-hydrogen) atoms. The van der Waals surface area contributed by atoms with Crippen LogP contribution in [0.4, 0.5) is 4.39 Å². The molecule has 1 amide bonds. The van der Waals surface area contributed by atoms with Gasteiger partial charge in [-0.15, -0.1) is 0 Å². The minimum absolute atomic E-state index is 0.00819. The predicted molar refractivity (Wildman–Crippen MR) is 116 cm³/mol. The van der Waals surface area contributed by atoms with E-state index in [-0.39, 0.29) is 11.7 Å². The zero-order valence-corrected chi connectivity index (χ0v) is 16.7. The van der Waals surface area contributed by atoms with E-state index in [4.69, 9.17) is 0 Å². The van der Waals surface area contributed by atoms with Gasteiger partial charge in [-0.2, -0.15) is 5.10 Å². The third-order valence-electron chi connectivity index (χ3n) is 5.89. The first-order chi connectivity index (χ1) is 14.6. The molecule has 0 bridgehead atoms. The molecule has 150 valence electrons. The van der Waals surface area contributed by atoms with E-state index < -0.39 is 0 Å². The van der Waals surface area contributed by atoms with Crippen LogP contribution in [0.1, 0.15) is 35.2 Å². The molecular formula is C25H22FN3O. The minimum Gasteiger partial charge on any atom is -0.349 e. The molecule has 1 aromatic heterocycles. The van der Waals surface area contributed by atoms with Crippen molar-refractivity contribution in [2.24, 2.45) is 0 Å². The van der Waals surface area contributed by atoms with Gasteiger partial charge < -0.3 is 5.32 Å². The van der Waals surface area contributed by atoms with Gasteiger partial charge in [0.25, 0.3) is 5.91 Å². The lowest BCUT2D eigenvalue weighted by Crippen LogP contribution is -2.39. The van der Waals surface area contributed by atoms with Gasteiger partial charge in [-0.25, -0.2) is 9.07 Å². The van der Waals surface area contributed by atoms with Crippen LogP contribution in [0, 0.1) is 12.7 Å². The third-order valence-corrected chi connectivity index (χ3v) is 5.89. The van der Waals surface area contributed by atoms with Crippen molar-refractivity contribution in [1.82, 2.24) is 15.1 Å². The van der Waals surface area contributed by atoms with Crippen LogP contribution in [-0.4, -0.2) is 21.7 Å². The largest absolute Gasteiger partial charge is 0.349 e. The van der Waals surface area contributed by atoms with E-state index in [0.29, 0.717) is 11.6 Å². The maximum Gasteiger partial charge on any atom is 0.251 e. The summed E-state index contributed by atoms with van der Waals surface area (Å²) in [5.74, 6) is -0.277. The number of halogens is 1. The first kappa shape index (κ1) is 18.6. The standard InChI is InChI=1S/C25H22FN3O/c1-16-5-6-18(25(30)28-21-3-2-4-21)14-23(16)17-7-12-24-19(13-17)15-27-29(24)22-10-8-20(26)9-11-22/h5-15,21H,2-4H2,1H3,(H,28,30). The number of amides is 1. The number of carbonyl (C=O) groups excluding carboxylic acids is 1. The highest BCUT2D eigenvalue weighted by Gasteiger charge is 2.20. The fraction of sp³-hybridized carbons (Fsp3) is 0.200. The highest BCUT2D eigenvalue weighted by Crippen LogP contribution is 2.29. The van der Waals surface area contributed by atoms with E-state index in [1.807, 2.05) is 36.5 Å². The molecule has 0 atom stereocenters. The molecule has 3 aromatic carbocycles. The molecule has 0 spiro atoms. The summed E-state index contributed by atoms with van der Waals surface area (Å²) in [6.07, 6.45) is 5.14. The van der Waals surface area contributed by atoms with Gasteiger partial charge in [0.2, 0.25) is 0 Å². The van der Waals surface area contributed by atoms with Crippen LogP contribution in [-0.2, 0) is 0 Å². The van der Waals surface area contributed by atoms with Crippen LogP contribution < -0.4 is 5.32 Å². The van der Waals surface area contributed by atoms with Gasteiger partial charge in [0.05, 0.1) is 17.4 Å². The average molecular weight is 399 g/mol. The summed E-state index contributed by atoms with van der Waals surface area (Å²) >= 11 is 0. The van der Waals surface area contributed by atoms with Crippen LogP contribution in [0.3, 0.4) is 0 Å². The van der Waals surface area contributed by atoms with Crippen molar-refractivity contribution in [3.05, 3.63) is 83.8 Å². The minimum atomic E-state index is -0.269. The van der Waals surface area contributed by atoms with Gasteiger partial charge in [0, 0.05) is 17.0 Å². The Morgan fingerprint density at radius 2 is 1.87 bits per heavy atom. The van der Waals surface area contributed by atoms with Crippen molar-refractivity contribution in [3.8, 4) is 16.8 Å². The maximum atomic E-state index is 13.2. The number of benzene rings is 3. The lowest BCUT2D eigenvalue weighted by molar-refractivity contribution is 0.0917. The molecule has 1 aliphatic carbocycles. The van der Waals surface area contributed by atoms with Gasteiger partial charge >= 0.3 is 0 Å². The second-order valence-electron chi connectivity index (χ2n) is 7.94. The molecule has 4 aromatic rings. The second-order valence-corrected chi connectivity index (χ2v) is 7.94. The second kappa shape index (κ2) is 7.41.